The number of rotatable bonds is 11. The topological polar surface area (TPSA) is 134 Å². The standard InChI is InChI=1S/C24H34ClN3O6/c1-14(2)10-18(21(30)27-19(22(31)32)11-15-8-9-26-20(15)29)28-23(33)34-13-24(3,4)16-6-5-7-17(25)12-16/h5-7,12,14-15,18-19H,8-11,13H2,1-4H3,(H,26,29)(H,27,30)(H,28,33)(H,31,32)/t15-,18?,19-/m0/s1. The van der Waals surface area contributed by atoms with Crippen LogP contribution in [0.15, 0.2) is 24.3 Å². The van der Waals surface area contributed by atoms with Crippen LogP contribution in [0.3, 0.4) is 0 Å². The van der Waals surface area contributed by atoms with Crippen molar-refractivity contribution < 1.29 is 29.0 Å². The molecule has 0 radical (unpaired) electrons. The lowest BCUT2D eigenvalue weighted by Crippen LogP contribution is -2.53. The molecule has 1 heterocycles. The van der Waals surface area contributed by atoms with Crippen molar-refractivity contribution in [2.75, 3.05) is 13.2 Å². The number of hydrogen-bond donors (Lipinski definition) is 4. The third-order valence-corrected chi connectivity index (χ3v) is 6.02. The van der Waals surface area contributed by atoms with E-state index in [9.17, 15) is 24.3 Å². The number of carbonyl (C=O) groups is 4. The van der Waals surface area contributed by atoms with Gasteiger partial charge >= 0.3 is 12.1 Å². The highest BCUT2D eigenvalue weighted by Crippen LogP contribution is 2.26. The number of carboxylic acids is 1. The highest BCUT2D eigenvalue weighted by atomic mass is 35.5. The molecule has 1 fully saturated rings. The van der Waals surface area contributed by atoms with Crippen LogP contribution in [0.5, 0.6) is 0 Å². The first-order chi connectivity index (χ1) is 15.9. The predicted octanol–water partition coefficient (Wildman–Crippen LogP) is 2.85. The zero-order chi connectivity index (χ0) is 25.5. The van der Waals surface area contributed by atoms with Gasteiger partial charge in [0.25, 0.3) is 0 Å². The highest BCUT2D eigenvalue weighted by molar-refractivity contribution is 6.30. The molecule has 1 unspecified atom stereocenters. The van der Waals surface area contributed by atoms with Gasteiger partial charge in [-0.3, -0.25) is 9.59 Å². The van der Waals surface area contributed by atoms with Crippen LogP contribution >= 0.6 is 11.6 Å². The average molecular weight is 496 g/mol. The monoisotopic (exact) mass is 495 g/mol. The fourth-order valence-corrected chi connectivity index (χ4v) is 3.96. The number of aliphatic carboxylic acids is 1. The molecule has 1 aliphatic rings. The van der Waals surface area contributed by atoms with Gasteiger partial charge in [-0.1, -0.05) is 51.4 Å². The smallest absolute Gasteiger partial charge is 0.407 e. The van der Waals surface area contributed by atoms with Crippen LogP contribution in [0.2, 0.25) is 5.02 Å². The Balaban J connectivity index is 2.00. The minimum absolute atomic E-state index is 0.0143. The van der Waals surface area contributed by atoms with E-state index in [2.05, 4.69) is 16.0 Å². The minimum Gasteiger partial charge on any atom is -0.480 e. The number of benzene rings is 1. The minimum atomic E-state index is -1.24. The second-order valence-electron chi connectivity index (χ2n) is 9.71. The molecule has 1 saturated heterocycles. The number of hydrogen-bond acceptors (Lipinski definition) is 5. The highest BCUT2D eigenvalue weighted by Gasteiger charge is 2.33. The van der Waals surface area contributed by atoms with E-state index in [1.54, 1.807) is 12.1 Å². The van der Waals surface area contributed by atoms with Crippen LogP contribution in [-0.2, 0) is 24.5 Å². The van der Waals surface area contributed by atoms with Gasteiger partial charge in [0.1, 0.15) is 18.7 Å². The first kappa shape index (κ1) is 27.4. The lowest BCUT2D eigenvalue weighted by Gasteiger charge is -2.26. The van der Waals surface area contributed by atoms with Crippen molar-refractivity contribution >= 4 is 35.5 Å². The van der Waals surface area contributed by atoms with Gasteiger partial charge in [0.15, 0.2) is 0 Å². The van der Waals surface area contributed by atoms with Crippen molar-refractivity contribution in [2.45, 2.75) is 64.5 Å². The van der Waals surface area contributed by atoms with E-state index in [1.807, 2.05) is 39.8 Å². The van der Waals surface area contributed by atoms with E-state index in [-0.39, 0.29) is 31.3 Å². The summed E-state index contributed by atoms with van der Waals surface area (Å²) < 4.78 is 5.40. The second-order valence-corrected chi connectivity index (χ2v) is 10.1. The fraction of sp³-hybridized carbons (Fsp3) is 0.583. The number of carboxylic acid groups (broad SMARTS) is 1. The van der Waals surface area contributed by atoms with E-state index < -0.39 is 41.4 Å². The van der Waals surface area contributed by atoms with Crippen molar-refractivity contribution in [3.05, 3.63) is 34.9 Å². The lowest BCUT2D eigenvalue weighted by molar-refractivity contribution is -0.143. The van der Waals surface area contributed by atoms with Crippen molar-refractivity contribution in [2.24, 2.45) is 11.8 Å². The van der Waals surface area contributed by atoms with Gasteiger partial charge < -0.3 is 25.8 Å². The van der Waals surface area contributed by atoms with Gasteiger partial charge in [-0.2, -0.15) is 0 Å². The van der Waals surface area contributed by atoms with Crippen molar-refractivity contribution in [1.29, 1.82) is 0 Å². The molecule has 9 nitrogen and oxygen atoms in total. The molecular formula is C24H34ClN3O6. The first-order valence-electron chi connectivity index (χ1n) is 11.4. The van der Waals surface area contributed by atoms with Gasteiger partial charge in [0.2, 0.25) is 11.8 Å². The maximum Gasteiger partial charge on any atom is 0.407 e. The molecule has 0 bridgehead atoms. The van der Waals surface area contributed by atoms with E-state index in [0.717, 1.165) is 5.56 Å². The number of carbonyl (C=O) groups excluding carboxylic acids is 3. The normalized spacial score (nSPS) is 17.6. The molecule has 0 aromatic heterocycles. The largest absolute Gasteiger partial charge is 0.480 e. The molecule has 34 heavy (non-hydrogen) atoms. The Labute approximate surface area is 205 Å². The molecule has 1 aromatic carbocycles. The third-order valence-electron chi connectivity index (χ3n) is 5.78. The summed E-state index contributed by atoms with van der Waals surface area (Å²) in [4.78, 5) is 48.9. The summed E-state index contributed by atoms with van der Waals surface area (Å²) in [7, 11) is 0. The van der Waals surface area contributed by atoms with Gasteiger partial charge in [-0.25, -0.2) is 9.59 Å². The Bertz CT molecular complexity index is 904. The molecule has 0 spiro atoms. The van der Waals surface area contributed by atoms with E-state index in [0.29, 0.717) is 18.0 Å². The van der Waals surface area contributed by atoms with Crippen LogP contribution in [-0.4, -0.2) is 54.2 Å². The zero-order valence-electron chi connectivity index (χ0n) is 20.0. The van der Waals surface area contributed by atoms with E-state index in [4.69, 9.17) is 16.3 Å². The summed E-state index contributed by atoms with van der Waals surface area (Å²) >= 11 is 6.06. The number of halogens is 1. The molecule has 2 rings (SSSR count). The van der Waals surface area contributed by atoms with E-state index >= 15 is 0 Å². The third kappa shape index (κ3) is 8.20. The van der Waals surface area contributed by atoms with E-state index in [1.165, 1.54) is 0 Å². The molecule has 1 aromatic rings. The molecule has 0 aliphatic carbocycles. The molecule has 3 atom stereocenters. The maximum atomic E-state index is 12.9. The summed E-state index contributed by atoms with van der Waals surface area (Å²) in [6, 6.07) is 5.04. The maximum absolute atomic E-state index is 12.9. The average Bonchev–Trinajstić information content (AvgIpc) is 3.15. The van der Waals surface area contributed by atoms with Crippen molar-refractivity contribution in [3.8, 4) is 0 Å². The zero-order valence-corrected chi connectivity index (χ0v) is 20.8. The Morgan fingerprint density at radius 2 is 1.94 bits per heavy atom. The SMILES string of the molecule is CC(C)CC(NC(=O)OCC(C)(C)c1cccc(Cl)c1)C(=O)N[C@@H](C[C@@H]1CCNC1=O)C(=O)O. The molecule has 4 N–H and O–H groups in total. The predicted molar refractivity (Wildman–Crippen MR) is 128 cm³/mol. The fourth-order valence-electron chi connectivity index (χ4n) is 3.77. The summed E-state index contributed by atoms with van der Waals surface area (Å²) in [6.45, 7) is 8.10. The van der Waals surface area contributed by atoms with Crippen LogP contribution < -0.4 is 16.0 Å². The molecule has 3 amide bonds. The Morgan fingerprint density at radius 3 is 2.50 bits per heavy atom. The summed E-state index contributed by atoms with van der Waals surface area (Å²) in [5.41, 5.74) is 0.374. The van der Waals surface area contributed by atoms with Gasteiger partial charge in [0, 0.05) is 22.9 Å². The summed E-state index contributed by atoms with van der Waals surface area (Å²) in [6.07, 6.45) is 0.00737. The number of amides is 3. The molecule has 0 saturated carbocycles. The van der Waals surface area contributed by atoms with Crippen LogP contribution in [0.4, 0.5) is 4.79 Å². The van der Waals surface area contributed by atoms with Crippen LogP contribution in [0, 0.1) is 11.8 Å². The number of alkyl carbamates (subject to hydrolysis) is 1. The molecular weight excluding hydrogens is 462 g/mol. The Morgan fingerprint density at radius 1 is 1.24 bits per heavy atom. The van der Waals surface area contributed by atoms with Gasteiger partial charge in [-0.15, -0.1) is 0 Å². The Kier molecular flexibility index (Phi) is 9.73. The molecule has 188 valence electrons. The first-order valence-corrected chi connectivity index (χ1v) is 11.8. The number of nitrogens with one attached hydrogen (secondary N) is 3. The Hall–Kier alpha value is -2.81. The van der Waals surface area contributed by atoms with Crippen molar-refractivity contribution in [1.82, 2.24) is 16.0 Å². The van der Waals surface area contributed by atoms with Crippen molar-refractivity contribution in [3.63, 3.8) is 0 Å². The molecule has 1 aliphatic heterocycles. The lowest BCUT2D eigenvalue weighted by atomic mass is 9.86. The quantitative estimate of drug-likeness (QED) is 0.373. The summed E-state index contributed by atoms with van der Waals surface area (Å²) in [5.74, 6) is -2.52. The second kappa shape index (κ2) is 12.1. The van der Waals surface area contributed by atoms with Gasteiger partial charge in [-0.05, 0) is 42.9 Å². The summed E-state index contributed by atoms with van der Waals surface area (Å²) in [5, 5.41) is 17.8. The molecule has 10 heteroatoms. The number of ether oxygens (including phenoxy) is 1. The van der Waals surface area contributed by atoms with Crippen LogP contribution in [0.1, 0.15) is 52.5 Å². The van der Waals surface area contributed by atoms with Gasteiger partial charge in [0.05, 0.1) is 0 Å². The van der Waals surface area contributed by atoms with Crippen LogP contribution in [0.25, 0.3) is 0 Å².